The molecule has 0 saturated carbocycles. The second-order valence-corrected chi connectivity index (χ2v) is 17.8. The lowest BCUT2D eigenvalue weighted by atomic mass is 9.69. The van der Waals surface area contributed by atoms with E-state index in [0.717, 1.165) is 21.9 Å². The maximum Gasteiger partial charge on any atom is 0.135 e. The van der Waals surface area contributed by atoms with Crippen molar-refractivity contribution >= 4 is 75.8 Å². The molecule has 1 aromatic heterocycles. The van der Waals surface area contributed by atoms with Crippen LogP contribution in [0.3, 0.4) is 0 Å². The zero-order chi connectivity index (χ0) is 41.7. The standard InChI is InChI=1S/C63H36O/c1-3-20-46-41(15-1)42-16-2-8-25-51(42)62-61(46)53-34-37-29-30-38(33-40(37)36-56(53)63(62)54-26-12-9-17-43(54)44-18-10-13-27-55(44)63)59-47-21-4-6-23-49(47)60(50-24-7-5-22-48(50)59)39-31-32-58-52(35-39)45-19-11-14-28-57(45)64-58/h1-36H. The van der Waals surface area contributed by atoms with Crippen LogP contribution in [0.1, 0.15) is 22.3 Å². The number of para-hydroxylation sites is 1. The summed E-state index contributed by atoms with van der Waals surface area (Å²) in [5.74, 6) is 0. The van der Waals surface area contributed by atoms with E-state index in [9.17, 15) is 0 Å². The van der Waals surface area contributed by atoms with Gasteiger partial charge in [-0.15, -0.1) is 0 Å². The van der Waals surface area contributed by atoms with Crippen LogP contribution >= 0.6 is 0 Å². The summed E-state index contributed by atoms with van der Waals surface area (Å²) in [5.41, 5.74) is 17.1. The minimum Gasteiger partial charge on any atom is -0.456 e. The highest BCUT2D eigenvalue weighted by Gasteiger charge is 2.53. The van der Waals surface area contributed by atoms with E-state index in [2.05, 4.69) is 212 Å². The van der Waals surface area contributed by atoms with Gasteiger partial charge in [0.15, 0.2) is 0 Å². The molecule has 294 valence electrons. The number of hydrogen-bond donors (Lipinski definition) is 0. The van der Waals surface area contributed by atoms with Crippen LogP contribution in [0.5, 0.6) is 0 Å². The van der Waals surface area contributed by atoms with Crippen LogP contribution in [0.4, 0.5) is 0 Å². The Labute approximate surface area is 369 Å². The van der Waals surface area contributed by atoms with Crippen molar-refractivity contribution < 1.29 is 4.42 Å². The molecule has 0 unspecified atom stereocenters. The van der Waals surface area contributed by atoms with Crippen molar-refractivity contribution in [1.29, 1.82) is 0 Å². The summed E-state index contributed by atoms with van der Waals surface area (Å²) in [6.07, 6.45) is 0. The minimum absolute atomic E-state index is 0.492. The highest BCUT2D eigenvalue weighted by atomic mass is 16.3. The molecule has 1 spiro atoms. The minimum atomic E-state index is -0.492. The van der Waals surface area contributed by atoms with E-state index in [0.29, 0.717) is 0 Å². The molecule has 0 aliphatic heterocycles. The van der Waals surface area contributed by atoms with Gasteiger partial charge < -0.3 is 4.42 Å². The molecule has 13 aromatic rings. The summed E-state index contributed by atoms with van der Waals surface area (Å²) < 4.78 is 6.28. The van der Waals surface area contributed by atoms with Crippen LogP contribution in [-0.4, -0.2) is 0 Å². The van der Waals surface area contributed by atoms with E-state index in [1.165, 1.54) is 121 Å². The first kappa shape index (κ1) is 34.3. The van der Waals surface area contributed by atoms with Crippen LogP contribution in [0, 0.1) is 0 Å². The molecule has 0 bridgehead atoms. The summed E-state index contributed by atoms with van der Waals surface area (Å²) in [5, 5.41) is 15.0. The second-order valence-electron chi connectivity index (χ2n) is 17.8. The van der Waals surface area contributed by atoms with E-state index >= 15 is 0 Å². The molecule has 64 heavy (non-hydrogen) atoms. The fourth-order valence-electron chi connectivity index (χ4n) is 12.3. The quantitative estimate of drug-likeness (QED) is 0.125. The maximum absolute atomic E-state index is 6.28. The summed E-state index contributed by atoms with van der Waals surface area (Å²) >= 11 is 0. The smallest absolute Gasteiger partial charge is 0.135 e. The van der Waals surface area contributed by atoms with Crippen molar-refractivity contribution in [2.24, 2.45) is 0 Å². The molecule has 0 atom stereocenters. The van der Waals surface area contributed by atoms with Gasteiger partial charge in [-0.05, 0) is 157 Å². The predicted octanol–water partition coefficient (Wildman–Crippen LogP) is 17.0. The van der Waals surface area contributed by atoms with Crippen LogP contribution in [-0.2, 0) is 5.41 Å². The third-order valence-electron chi connectivity index (χ3n) is 14.8. The van der Waals surface area contributed by atoms with Gasteiger partial charge in [0.25, 0.3) is 0 Å². The molecule has 0 N–H and O–H groups in total. The summed E-state index contributed by atoms with van der Waals surface area (Å²) in [7, 11) is 0. The molecule has 1 heteroatoms. The molecule has 12 aromatic carbocycles. The highest BCUT2D eigenvalue weighted by molar-refractivity contribution is 6.24. The SMILES string of the molecule is c1ccc2c(c1)-c1ccccc1C21c2cc3cc(-c4c5ccccc5c(-c5ccc6oc7ccccc7c6c5)c5ccccc45)ccc3cc2-c2c1c1ccccc1c1ccccc21. The Bertz CT molecular complexity index is 4100. The third kappa shape index (κ3) is 4.29. The Hall–Kier alpha value is -8.26. The zero-order valence-electron chi connectivity index (χ0n) is 34.7. The Morgan fingerprint density at radius 3 is 1.38 bits per heavy atom. The summed E-state index contributed by atoms with van der Waals surface area (Å²) in [6.45, 7) is 0. The Balaban J connectivity index is 1.02. The lowest BCUT2D eigenvalue weighted by Crippen LogP contribution is -2.26. The molecular formula is C63H36O. The average Bonchev–Trinajstić information content (AvgIpc) is 3.98. The van der Waals surface area contributed by atoms with Gasteiger partial charge in [-0.2, -0.15) is 0 Å². The van der Waals surface area contributed by atoms with Gasteiger partial charge in [0.05, 0.1) is 5.41 Å². The van der Waals surface area contributed by atoms with Gasteiger partial charge in [0, 0.05) is 10.8 Å². The van der Waals surface area contributed by atoms with Crippen LogP contribution in [0.15, 0.2) is 223 Å². The number of hydrogen-bond acceptors (Lipinski definition) is 1. The van der Waals surface area contributed by atoms with Crippen molar-refractivity contribution in [3.8, 4) is 44.5 Å². The van der Waals surface area contributed by atoms with Crippen molar-refractivity contribution in [2.45, 2.75) is 5.41 Å². The van der Waals surface area contributed by atoms with E-state index in [-0.39, 0.29) is 0 Å². The first-order valence-corrected chi connectivity index (χ1v) is 22.3. The monoisotopic (exact) mass is 808 g/mol. The van der Waals surface area contributed by atoms with Crippen LogP contribution in [0.2, 0.25) is 0 Å². The Kier molecular flexibility index (Phi) is 6.67. The molecule has 2 aliphatic carbocycles. The van der Waals surface area contributed by atoms with Crippen molar-refractivity contribution in [3.05, 3.63) is 241 Å². The van der Waals surface area contributed by atoms with Gasteiger partial charge in [0.1, 0.15) is 11.2 Å². The molecule has 0 fully saturated rings. The number of benzene rings is 12. The van der Waals surface area contributed by atoms with Crippen LogP contribution in [0.25, 0.3) is 120 Å². The van der Waals surface area contributed by atoms with Crippen LogP contribution < -0.4 is 0 Å². The lowest BCUT2D eigenvalue weighted by molar-refractivity contribution is 0.669. The second kappa shape index (κ2) is 12.4. The normalized spacial score (nSPS) is 13.4. The predicted molar refractivity (Wildman–Crippen MR) is 268 cm³/mol. The molecule has 0 radical (unpaired) electrons. The zero-order valence-corrected chi connectivity index (χ0v) is 34.7. The summed E-state index contributed by atoms with van der Waals surface area (Å²) in [6, 6.07) is 81.8. The maximum atomic E-state index is 6.28. The molecule has 0 amide bonds. The molecule has 1 heterocycles. The topological polar surface area (TPSA) is 13.1 Å². The van der Waals surface area contributed by atoms with E-state index in [1.807, 2.05) is 6.07 Å². The first-order chi connectivity index (χ1) is 31.8. The molecule has 0 saturated heterocycles. The lowest BCUT2D eigenvalue weighted by Gasteiger charge is -2.32. The van der Waals surface area contributed by atoms with E-state index in [4.69, 9.17) is 4.42 Å². The number of furan rings is 1. The van der Waals surface area contributed by atoms with E-state index in [1.54, 1.807) is 0 Å². The summed E-state index contributed by atoms with van der Waals surface area (Å²) in [4.78, 5) is 0. The fourth-order valence-corrected chi connectivity index (χ4v) is 12.3. The number of rotatable bonds is 2. The van der Waals surface area contributed by atoms with Gasteiger partial charge in [-0.3, -0.25) is 0 Å². The fraction of sp³-hybridized carbons (Fsp3) is 0.0159. The van der Waals surface area contributed by atoms with Gasteiger partial charge in [-0.1, -0.05) is 182 Å². The van der Waals surface area contributed by atoms with Gasteiger partial charge in [-0.25, -0.2) is 0 Å². The first-order valence-electron chi connectivity index (χ1n) is 22.3. The van der Waals surface area contributed by atoms with Gasteiger partial charge >= 0.3 is 0 Å². The average molecular weight is 809 g/mol. The third-order valence-corrected chi connectivity index (χ3v) is 14.8. The highest BCUT2D eigenvalue weighted by Crippen LogP contribution is 2.66. The Morgan fingerprint density at radius 1 is 0.266 bits per heavy atom. The largest absolute Gasteiger partial charge is 0.456 e. The number of fused-ring (bicyclic) bond motifs is 21. The molecule has 1 nitrogen and oxygen atoms in total. The van der Waals surface area contributed by atoms with Crippen molar-refractivity contribution in [1.82, 2.24) is 0 Å². The van der Waals surface area contributed by atoms with Crippen molar-refractivity contribution in [2.75, 3.05) is 0 Å². The van der Waals surface area contributed by atoms with E-state index < -0.39 is 5.41 Å². The molecule has 15 rings (SSSR count). The van der Waals surface area contributed by atoms with Gasteiger partial charge in [0.2, 0.25) is 0 Å². The Morgan fingerprint density at radius 2 is 0.734 bits per heavy atom. The molecular weight excluding hydrogens is 773 g/mol. The van der Waals surface area contributed by atoms with Crippen molar-refractivity contribution in [3.63, 3.8) is 0 Å². The molecule has 2 aliphatic rings.